The fraction of sp³-hybridized carbons (Fsp3) is 0.333. The average Bonchev–Trinajstić information content (AvgIpc) is 2.15. The standard InChI is InChI=1S/C9H12N2O3/c1-2-7(10)6-3-4-8(11(13)14)9(12)5-6/h3-5,7,12H,2,10H2,1H3/t7-/m0/s1. The summed E-state index contributed by atoms with van der Waals surface area (Å²) in [5.41, 5.74) is 6.12. The van der Waals surface area contributed by atoms with Crippen molar-refractivity contribution < 1.29 is 10.0 Å². The normalized spacial score (nSPS) is 12.4. The number of benzene rings is 1. The van der Waals surface area contributed by atoms with Gasteiger partial charge in [-0.2, -0.15) is 0 Å². The summed E-state index contributed by atoms with van der Waals surface area (Å²) in [4.78, 5) is 9.76. The van der Waals surface area contributed by atoms with Crippen molar-refractivity contribution in [3.63, 3.8) is 0 Å². The minimum absolute atomic E-state index is 0.193. The number of phenolic OH excluding ortho intramolecular Hbond substituents is 1. The molecule has 0 saturated carbocycles. The summed E-state index contributed by atoms with van der Waals surface area (Å²) in [5, 5.41) is 19.7. The first-order valence-electron chi connectivity index (χ1n) is 4.29. The molecule has 0 aliphatic rings. The number of nitro groups is 1. The lowest BCUT2D eigenvalue weighted by Gasteiger charge is -2.08. The van der Waals surface area contributed by atoms with Gasteiger partial charge in [-0.25, -0.2) is 0 Å². The maximum Gasteiger partial charge on any atom is 0.310 e. The molecule has 1 rings (SSSR count). The number of nitrogens with zero attached hydrogens (tertiary/aromatic N) is 1. The van der Waals surface area contributed by atoms with Crippen LogP contribution in [0.15, 0.2) is 18.2 Å². The second-order valence-corrected chi connectivity index (χ2v) is 3.02. The predicted octanol–water partition coefficient (Wildman–Crippen LogP) is 1.71. The van der Waals surface area contributed by atoms with E-state index in [0.29, 0.717) is 5.56 Å². The van der Waals surface area contributed by atoms with Crippen molar-refractivity contribution in [3.8, 4) is 5.75 Å². The molecule has 0 aromatic heterocycles. The minimum Gasteiger partial charge on any atom is -0.502 e. The van der Waals surface area contributed by atoms with E-state index in [-0.39, 0.29) is 17.5 Å². The minimum atomic E-state index is -0.628. The van der Waals surface area contributed by atoms with Crippen LogP contribution >= 0.6 is 0 Å². The van der Waals surface area contributed by atoms with E-state index in [0.717, 1.165) is 6.42 Å². The Labute approximate surface area is 81.3 Å². The van der Waals surface area contributed by atoms with Gasteiger partial charge in [0.25, 0.3) is 0 Å². The zero-order valence-corrected chi connectivity index (χ0v) is 7.80. The molecule has 0 unspecified atom stereocenters. The number of nitro benzene ring substituents is 1. The largest absolute Gasteiger partial charge is 0.502 e. The summed E-state index contributed by atoms with van der Waals surface area (Å²) in [6.07, 6.45) is 0.719. The Morgan fingerprint density at radius 1 is 1.64 bits per heavy atom. The Morgan fingerprint density at radius 2 is 2.29 bits per heavy atom. The molecule has 0 fully saturated rings. The van der Waals surface area contributed by atoms with Gasteiger partial charge in [0, 0.05) is 12.1 Å². The zero-order chi connectivity index (χ0) is 10.7. The van der Waals surface area contributed by atoms with Crippen LogP contribution in [0.2, 0.25) is 0 Å². The van der Waals surface area contributed by atoms with Gasteiger partial charge in [-0.3, -0.25) is 10.1 Å². The van der Waals surface area contributed by atoms with Crippen molar-refractivity contribution in [3.05, 3.63) is 33.9 Å². The molecule has 1 atom stereocenters. The topological polar surface area (TPSA) is 89.4 Å². The Morgan fingerprint density at radius 3 is 2.71 bits per heavy atom. The highest BCUT2D eigenvalue weighted by molar-refractivity contribution is 5.47. The number of nitrogens with two attached hydrogens (primary N) is 1. The van der Waals surface area contributed by atoms with Crippen LogP contribution in [0.1, 0.15) is 24.9 Å². The first-order chi connectivity index (χ1) is 6.56. The lowest BCUT2D eigenvalue weighted by molar-refractivity contribution is -0.385. The number of rotatable bonds is 3. The number of phenols is 1. The van der Waals surface area contributed by atoms with Crippen molar-refractivity contribution in [1.82, 2.24) is 0 Å². The smallest absolute Gasteiger partial charge is 0.310 e. The highest BCUT2D eigenvalue weighted by atomic mass is 16.6. The van der Waals surface area contributed by atoms with Crippen LogP contribution in [-0.4, -0.2) is 10.0 Å². The summed E-state index contributed by atoms with van der Waals surface area (Å²) in [6, 6.07) is 3.97. The van der Waals surface area contributed by atoms with E-state index in [9.17, 15) is 15.2 Å². The summed E-state index contributed by atoms with van der Waals surface area (Å²) >= 11 is 0. The van der Waals surface area contributed by atoms with E-state index in [2.05, 4.69) is 0 Å². The third kappa shape index (κ3) is 2.00. The second kappa shape index (κ2) is 4.06. The fourth-order valence-corrected chi connectivity index (χ4v) is 1.16. The molecule has 1 aromatic rings. The third-order valence-electron chi connectivity index (χ3n) is 2.06. The van der Waals surface area contributed by atoms with Gasteiger partial charge in [0.2, 0.25) is 0 Å². The average molecular weight is 196 g/mol. The van der Waals surface area contributed by atoms with Gasteiger partial charge in [-0.1, -0.05) is 13.0 Å². The molecule has 5 heteroatoms. The lowest BCUT2D eigenvalue weighted by atomic mass is 10.0. The van der Waals surface area contributed by atoms with Crippen LogP contribution < -0.4 is 5.73 Å². The van der Waals surface area contributed by atoms with Crippen molar-refractivity contribution in [2.24, 2.45) is 5.73 Å². The van der Waals surface area contributed by atoms with Crippen LogP contribution in [0.3, 0.4) is 0 Å². The van der Waals surface area contributed by atoms with E-state index in [4.69, 9.17) is 5.73 Å². The number of hydrogen-bond donors (Lipinski definition) is 2. The molecular weight excluding hydrogens is 184 g/mol. The molecule has 14 heavy (non-hydrogen) atoms. The van der Waals surface area contributed by atoms with Gasteiger partial charge in [0.1, 0.15) is 0 Å². The molecule has 3 N–H and O–H groups in total. The van der Waals surface area contributed by atoms with Crippen molar-refractivity contribution in [1.29, 1.82) is 0 Å². The van der Waals surface area contributed by atoms with Crippen LogP contribution in [0.25, 0.3) is 0 Å². The fourth-order valence-electron chi connectivity index (χ4n) is 1.16. The second-order valence-electron chi connectivity index (χ2n) is 3.02. The van der Waals surface area contributed by atoms with E-state index < -0.39 is 4.92 Å². The zero-order valence-electron chi connectivity index (χ0n) is 7.80. The summed E-state index contributed by atoms with van der Waals surface area (Å²) < 4.78 is 0. The van der Waals surface area contributed by atoms with Gasteiger partial charge >= 0.3 is 5.69 Å². The summed E-state index contributed by atoms with van der Waals surface area (Å²) in [7, 11) is 0. The Balaban J connectivity index is 3.06. The lowest BCUT2D eigenvalue weighted by Crippen LogP contribution is -2.08. The van der Waals surface area contributed by atoms with Crippen LogP contribution in [-0.2, 0) is 0 Å². The molecule has 0 aliphatic heterocycles. The maximum atomic E-state index is 10.4. The Hall–Kier alpha value is -1.62. The SMILES string of the molecule is CC[C@H](N)c1ccc([N+](=O)[O-])c(O)c1. The molecule has 0 bridgehead atoms. The monoisotopic (exact) mass is 196 g/mol. The van der Waals surface area contributed by atoms with Crippen LogP contribution in [0.5, 0.6) is 5.75 Å². The van der Waals surface area contributed by atoms with Gasteiger partial charge in [-0.15, -0.1) is 0 Å². The maximum absolute atomic E-state index is 10.4. The predicted molar refractivity (Wildman–Crippen MR) is 52.0 cm³/mol. The van der Waals surface area contributed by atoms with Crippen molar-refractivity contribution >= 4 is 5.69 Å². The van der Waals surface area contributed by atoms with Gasteiger partial charge in [-0.05, 0) is 18.1 Å². The van der Waals surface area contributed by atoms with Gasteiger partial charge in [0.05, 0.1) is 4.92 Å². The first kappa shape index (κ1) is 10.5. The quantitative estimate of drug-likeness (QED) is 0.568. The van der Waals surface area contributed by atoms with Crippen LogP contribution in [0, 0.1) is 10.1 Å². The van der Waals surface area contributed by atoms with E-state index >= 15 is 0 Å². The molecular formula is C9H12N2O3. The first-order valence-corrected chi connectivity index (χ1v) is 4.29. The Kier molecular flexibility index (Phi) is 3.03. The highest BCUT2D eigenvalue weighted by Gasteiger charge is 2.14. The van der Waals surface area contributed by atoms with Gasteiger partial charge < -0.3 is 10.8 Å². The molecule has 0 radical (unpaired) electrons. The molecule has 0 amide bonds. The molecule has 0 saturated heterocycles. The molecule has 0 aliphatic carbocycles. The molecule has 0 spiro atoms. The molecule has 0 heterocycles. The summed E-state index contributed by atoms with van der Waals surface area (Å²) in [6.45, 7) is 1.91. The molecule has 1 aromatic carbocycles. The van der Waals surface area contributed by atoms with E-state index in [1.165, 1.54) is 12.1 Å². The van der Waals surface area contributed by atoms with E-state index in [1.807, 2.05) is 6.92 Å². The van der Waals surface area contributed by atoms with E-state index in [1.54, 1.807) is 6.07 Å². The highest BCUT2D eigenvalue weighted by Crippen LogP contribution is 2.28. The van der Waals surface area contributed by atoms with Crippen molar-refractivity contribution in [2.45, 2.75) is 19.4 Å². The summed E-state index contributed by atoms with van der Waals surface area (Å²) in [5.74, 6) is -0.337. The molecule has 76 valence electrons. The molecule has 5 nitrogen and oxygen atoms in total. The third-order valence-corrected chi connectivity index (χ3v) is 2.06. The number of hydrogen-bond acceptors (Lipinski definition) is 4. The number of aromatic hydroxyl groups is 1. The van der Waals surface area contributed by atoms with Gasteiger partial charge in [0.15, 0.2) is 5.75 Å². The van der Waals surface area contributed by atoms with Crippen LogP contribution in [0.4, 0.5) is 5.69 Å². The van der Waals surface area contributed by atoms with Crippen molar-refractivity contribution in [2.75, 3.05) is 0 Å². The Bertz CT molecular complexity index is 352.